The molecule has 1 heterocycles. The van der Waals surface area contributed by atoms with Crippen LogP contribution in [0.15, 0.2) is 40.1 Å². The van der Waals surface area contributed by atoms with E-state index in [4.69, 9.17) is 4.42 Å². The molecule has 2 aromatic rings. The zero-order chi connectivity index (χ0) is 17.0. The van der Waals surface area contributed by atoms with Crippen LogP contribution >= 0.6 is 0 Å². The van der Waals surface area contributed by atoms with Crippen LogP contribution in [0.4, 0.5) is 0 Å². The van der Waals surface area contributed by atoms with Crippen LogP contribution in [0.25, 0.3) is 11.0 Å². The second-order valence-electron chi connectivity index (χ2n) is 6.20. The molecule has 0 fully saturated rings. The smallest absolute Gasteiger partial charge is 0.336 e. The average molecular weight is 315 g/mol. The maximum Gasteiger partial charge on any atom is 0.336 e. The third-order valence-corrected chi connectivity index (χ3v) is 4.04. The van der Waals surface area contributed by atoms with Gasteiger partial charge in [0.05, 0.1) is 6.61 Å². The molecular formula is C19H25NO3. The first-order valence-corrected chi connectivity index (χ1v) is 7.97. The molecule has 124 valence electrons. The molecule has 1 aromatic heterocycles. The Bertz CT molecular complexity index is 746. The van der Waals surface area contributed by atoms with Gasteiger partial charge in [-0.2, -0.15) is 0 Å². The van der Waals surface area contributed by atoms with Gasteiger partial charge in [0.2, 0.25) is 0 Å². The van der Waals surface area contributed by atoms with Crippen molar-refractivity contribution in [3.8, 4) is 0 Å². The Morgan fingerprint density at radius 2 is 2.09 bits per heavy atom. The lowest BCUT2D eigenvalue weighted by Gasteiger charge is -2.20. The standard InChI is InChI=1S/C19H25NO3/c1-5-6-20(7-8-21)12-15-10-19(22)23-18-9-14(4)16(13(2)3)11-17(15)18/h5,9-11,13,21H,1,6-8,12H2,2-4H3. The number of hydrogen-bond acceptors (Lipinski definition) is 4. The highest BCUT2D eigenvalue weighted by atomic mass is 16.4. The molecule has 23 heavy (non-hydrogen) atoms. The molecule has 4 nitrogen and oxygen atoms in total. The first-order valence-electron chi connectivity index (χ1n) is 7.97. The summed E-state index contributed by atoms with van der Waals surface area (Å²) in [6.45, 7) is 11.9. The monoisotopic (exact) mass is 315 g/mol. The van der Waals surface area contributed by atoms with E-state index in [1.54, 1.807) is 12.1 Å². The van der Waals surface area contributed by atoms with Crippen molar-refractivity contribution in [3.63, 3.8) is 0 Å². The molecule has 0 radical (unpaired) electrons. The number of fused-ring (bicyclic) bond motifs is 1. The van der Waals surface area contributed by atoms with E-state index in [-0.39, 0.29) is 12.2 Å². The van der Waals surface area contributed by atoms with Crippen LogP contribution < -0.4 is 5.63 Å². The van der Waals surface area contributed by atoms with Crippen molar-refractivity contribution in [2.75, 3.05) is 19.7 Å². The number of aliphatic hydroxyl groups is 1. The maximum atomic E-state index is 11.9. The van der Waals surface area contributed by atoms with Gasteiger partial charge < -0.3 is 9.52 Å². The second kappa shape index (κ2) is 7.57. The van der Waals surface area contributed by atoms with Crippen molar-refractivity contribution in [3.05, 3.63) is 58.0 Å². The van der Waals surface area contributed by atoms with Gasteiger partial charge in [-0.25, -0.2) is 4.79 Å². The molecule has 0 amide bonds. The molecule has 0 spiro atoms. The van der Waals surface area contributed by atoms with Crippen molar-refractivity contribution in [1.29, 1.82) is 0 Å². The van der Waals surface area contributed by atoms with Crippen molar-refractivity contribution < 1.29 is 9.52 Å². The fraction of sp³-hybridized carbons (Fsp3) is 0.421. The Morgan fingerprint density at radius 3 is 2.70 bits per heavy atom. The van der Waals surface area contributed by atoms with E-state index in [0.29, 0.717) is 31.1 Å². The lowest BCUT2D eigenvalue weighted by Crippen LogP contribution is -2.27. The van der Waals surface area contributed by atoms with Gasteiger partial charge in [-0.1, -0.05) is 19.9 Å². The predicted molar refractivity (Wildman–Crippen MR) is 93.9 cm³/mol. The molecular weight excluding hydrogens is 290 g/mol. The van der Waals surface area contributed by atoms with E-state index in [0.717, 1.165) is 16.5 Å². The number of nitrogens with zero attached hydrogens (tertiary/aromatic N) is 1. The van der Waals surface area contributed by atoms with Crippen LogP contribution in [-0.4, -0.2) is 29.7 Å². The van der Waals surface area contributed by atoms with Gasteiger partial charge >= 0.3 is 5.63 Å². The first kappa shape index (κ1) is 17.4. The topological polar surface area (TPSA) is 53.7 Å². The Balaban J connectivity index is 2.54. The number of benzene rings is 1. The Morgan fingerprint density at radius 1 is 1.35 bits per heavy atom. The molecule has 0 aliphatic carbocycles. The summed E-state index contributed by atoms with van der Waals surface area (Å²) in [6, 6.07) is 5.62. The Hall–Kier alpha value is -1.91. The van der Waals surface area contributed by atoms with Gasteiger partial charge in [0, 0.05) is 31.1 Å². The maximum absolute atomic E-state index is 11.9. The van der Waals surface area contributed by atoms with E-state index < -0.39 is 0 Å². The molecule has 1 N–H and O–H groups in total. The summed E-state index contributed by atoms with van der Waals surface area (Å²) in [5.74, 6) is 0.404. The molecule has 0 unspecified atom stereocenters. The van der Waals surface area contributed by atoms with Gasteiger partial charge in [0.15, 0.2) is 0 Å². The molecule has 4 heteroatoms. The normalized spacial score (nSPS) is 11.6. The van der Waals surface area contributed by atoms with Crippen molar-refractivity contribution >= 4 is 11.0 Å². The van der Waals surface area contributed by atoms with E-state index in [1.165, 1.54) is 5.56 Å². The Labute approximate surface area is 137 Å². The minimum absolute atomic E-state index is 0.0730. The molecule has 0 aliphatic rings. The van der Waals surface area contributed by atoms with Gasteiger partial charge in [-0.15, -0.1) is 6.58 Å². The van der Waals surface area contributed by atoms with Crippen LogP contribution in [0, 0.1) is 6.92 Å². The summed E-state index contributed by atoms with van der Waals surface area (Å²) in [7, 11) is 0. The molecule has 1 aromatic carbocycles. The molecule has 0 saturated carbocycles. The van der Waals surface area contributed by atoms with Gasteiger partial charge in [-0.3, -0.25) is 4.90 Å². The van der Waals surface area contributed by atoms with Crippen LogP contribution in [-0.2, 0) is 6.54 Å². The summed E-state index contributed by atoms with van der Waals surface area (Å²) in [4.78, 5) is 13.9. The quantitative estimate of drug-likeness (QED) is 0.630. The summed E-state index contributed by atoms with van der Waals surface area (Å²) in [5, 5.41) is 10.2. The molecule has 0 saturated heterocycles. The summed E-state index contributed by atoms with van der Waals surface area (Å²) in [5.41, 5.74) is 3.59. The number of rotatable bonds is 7. The van der Waals surface area contributed by atoms with Crippen LogP contribution in [0.2, 0.25) is 0 Å². The largest absolute Gasteiger partial charge is 0.423 e. The van der Waals surface area contributed by atoms with Crippen molar-refractivity contribution in [1.82, 2.24) is 4.90 Å². The lowest BCUT2D eigenvalue weighted by atomic mass is 9.95. The highest BCUT2D eigenvalue weighted by molar-refractivity contribution is 5.82. The van der Waals surface area contributed by atoms with E-state index >= 15 is 0 Å². The first-order chi connectivity index (χ1) is 11.0. The van der Waals surface area contributed by atoms with Crippen molar-refractivity contribution in [2.45, 2.75) is 33.2 Å². The van der Waals surface area contributed by atoms with Crippen LogP contribution in [0.1, 0.15) is 36.5 Å². The molecule has 2 rings (SSSR count). The second-order valence-corrected chi connectivity index (χ2v) is 6.20. The Kier molecular flexibility index (Phi) is 5.74. The van der Waals surface area contributed by atoms with Gasteiger partial charge in [0.1, 0.15) is 5.58 Å². The fourth-order valence-electron chi connectivity index (χ4n) is 2.94. The molecule has 0 bridgehead atoms. The number of aryl methyl sites for hydroxylation is 1. The highest BCUT2D eigenvalue weighted by Gasteiger charge is 2.13. The highest BCUT2D eigenvalue weighted by Crippen LogP contribution is 2.27. The number of aliphatic hydroxyl groups excluding tert-OH is 1. The fourth-order valence-corrected chi connectivity index (χ4v) is 2.94. The summed E-state index contributed by atoms with van der Waals surface area (Å²) < 4.78 is 5.38. The van der Waals surface area contributed by atoms with Crippen LogP contribution in [0.3, 0.4) is 0 Å². The molecule has 0 atom stereocenters. The average Bonchev–Trinajstić information content (AvgIpc) is 2.46. The third-order valence-electron chi connectivity index (χ3n) is 4.04. The zero-order valence-corrected chi connectivity index (χ0v) is 14.1. The minimum Gasteiger partial charge on any atom is -0.423 e. The summed E-state index contributed by atoms with van der Waals surface area (Å²) >= 11 is 0. The summed E-state index contributed by atoms with van der Waals surface area (Å²) in [6.07, 6.45) is 1.80. The SMILES string of the molecule is C=CCN(CCO)Cc1cc(=O)oc2cc(C)c(C(C)C)cc12. The number of hydrogen-bond donors (Lipinski definition) is 1. The van der Waals surface area contributed by atoms with Gasteiger partial charge in [-0.05, 0) is 41.7 Å². The van der Waals surface area contributed by atoms with Gasteiger partial charge in [0.25, 0.3) is 0 Å². The molecule has 0 aliphatic heterocycles. The van der Waals surface area contributed by atoms with Crippen molar-refractivity contribution in [2.24, 2.45) is 0 Å². The predicted octanol–water partition coefficient (Wildman–Crippen LogP) is 3.21. The van der Waals surface area contributed by atoms with E-state index in [1.807, 2.05) is 13.0 Å². The van der Waals surface area contributed by atoms with Crippen LogP contribution in [0.5, 0.6) is 0 Å². The lowest BCUT2D eigenvalue weighted by molar-refractivity contribution is 0.203. The van der Waals surface area contributed by atoms with E-state index in [9.17, 15) is 9.90 Å². The van der Waals surface area contributed by atoms with E-state index in [2.05, 4.69) is 31.4 Å². The minimum atomic E-state index is -0.341. The zero-order valence-electron chi connectivity index (χ0n) is 14.1. The third kappa shape index (κ3) is 4.09.